The van der Waals surface area contributed by atoms with Gasteiger partial charge in [0.25, 0.3) is 0 Å². The molecule has 0 aliphatic heterocycles. The molecule has 1 aromatic rings. The molecule has 0 aromatic heterocycles. The van der Waals surface area contributed by atoms with Gasteiger partial charge < -0.3 is 10.5 Å². The molecule has 0 amide bonds. The summed E-state index contributed by atoms with van der Waals surface area (Å²) in [6, 6.07) is 4.30. The van der Waals surface area contributed by atoms with Gasteiger partial charge in [-0.15, -0.1) is 0 Å². The highest BCUT2D eigenvalue weighted by atomic mass is 19.4. The maximum Gasteiger partial charge on any atom is 0.389 e. The summed E-state index contributed by atoms with van der Waals surface area (Å²) >= 11 is 0. The lowest BCUT2D eigenvalue weighted by Crippen LogP contribution is -2.14. The van der Waals surface area contributed by atoms with E-state index >= 15 is 0 Å². The molecule has 0 aliphatic carbocycles. The van der Waals surface area contributed by atoms with Crippen molar-refractivity contribution in [1.29, 1.82) is 5.41 Å². The van der Waals surface area contributed by atoms with Crippen LogP contribution < -0.4 is 5.73 Å². The number of nitrogen functional groups attached to an aromatic ring is 1. The Labute approximate surface area is 107 Å². The van der Waals surface area contributed by atoms with Gasteiger partial charge in [-0.3, -0.25) is 5.41 Å². The first kappa shape index (κ1) is 15.4. The lowest BCUT2D eigenvalue weighted by molar-refractivity contribution is -0.138. The van der Waals surface area contributed by atoms with Crippen molar-refractivity contribution in [3.8, 4) is 0 Å². The summed E-state index contributed by atoms with van der Waals surface area (Å²) in [5.74, 6) is -1.08. The fourth-order valence-corrected chi connectivity index (χ4v) is 1.46. The van der Waals surface area contributed by atoms with E-state index in [1.807, 2.05) is 0 Å². The molecule has 0 radical (unpaired) electrons. The van der Waals surface area contributed by atoms with E-state index in [4.69, 9.17) is 15.9 Å². The van der Waals surface area contributed by atoms with Crippen LogP contribution >= 0.6 is 0 Å². The Kier molecular flexibility index (Phi) is 5.29. The van der Waals surface area contributed by atoms with E-state index in [2.05, 4.69) is 0 Å². The van der Waals surface area contributed by atoms with Crippen molar-refractivity contribution in [3.05, 3.63) is 35.1 Å². The van der Waals surface area contributed by atoms with E-state index in [1.54, 1.807) is 0 Å². The summed E-state index contributed by atoms with van der Waals surface area (Å²) in [5, 5.41) is 7.16. The van der Waals surface area contributed by atoms with Gasteiger partial charge in [-0.25, -0.2) is 4.39 Å². The fraction of sp³-hybridized carbons (Fsp3) is 0.417. The summed E-state index contributed by atoms with van der Waals surface area (Å²) in [6.07, 6.45) is -5.30. The van der Waals surface area contributed by atoms with Crippen LogP contribution in [0.1, 0.15) is 24.0 Å². The highest BCUT2D eigenvalue weighted by molar-refractivity contribution is 5.95. The molecule has 7 heteroatoms. The topological polar surface area (TPSA) is 59.1 Å². The Morgan fingerprint density at radius 3 is 2.58 bits per heavy atom. The smallest absolute Gasteiger partial charge is 0.384 e. The SMILES string of the molecule is N=C(N)c1cccc(COCCCC(F)(F)F)c1F. The number of ether oxygens (including phenoxy) is 1. The third-order valence-corrected chi connectivity index (χ3v) is 2.38. The molecule has 0 atom stereocenters. The minimum absolute atomic E-state index is 0.0450. The molecule has 0 saturated heterocycles. The Morgan fingerprint density at radius 1 is 1.32 bits per heavy atom. The van der Waals surface area contributed by atoms with Gasteiger partial charge in [0, 0.05) is 18.6 Å². The molecule has 0 aliphatic rings. The van der Waals surface area contributed by atoms with Gasteiger partial charge in [0.2, 0.25) is 0 Å². The number of hydrogen-bond donors (Lipinski definition) is 2. The molecule has 0 fully saturated rings. The van der Waals surface area contributed by atoms with Crippen LogP contribution in [-0.2, 0) is 11.3 Å². The van der Waals surface area contributed by atoms with Crippen molar-refractivity contribution in [1.82, 2.24) is 0 Å². The molecule has 0 unspecified atom stereocenters. The number of nitrogens with one attached hydrogen (secondary N) is 1. The molecule has 0 saturated carbocycles. The lowest BCUT2D eigenvalue weighted by Gasteiger charge is -2.09. The number of rotatable bonds is 6. The number of hydrogen-bond acceptors (Lipinski definition) is 2. The highest BCUT2D eigenvalue weighted by Gasteiger charge is 2.25. The third-order valence-electron chi connectivity index (χ3n) is 2.38. The zero-order valence-electron chi connectivity index (χ0n) is 10.1. The van der Waals surface area contributed by atoms with Gasteiger partial charge in [0.15, 0.2) is 0 Å². The standard InChI is InChI=1S/C12H14F4N2O/c13-10-8(3-1-4-9(10)11(17)18)7-19-6-2-5-12(14,15)16/h1,3-4H,2,5-7H2,(H3,17,18). The Balaban J connectivity index is 2.46. The monoisotopic (exact) mass is 278 g/mol. The van der Waals surface area contributed by atoms with Gasteiger partial charge in [0.05, 0.1) is 12.2 Å². The third kappa shape index (κ3) is 5.25. The minimum Gasteiger partial charge on any atom is -0.384 e. The summed E-state index contributed by atoms with van der Waals surface area (Å²) in [4.78, 5) is 0. The predicted octanol–water partition coefficient (Wildman–Crippen LogP) is 2.97. The molecular weight excluding hydrogens is 264 g/mol. The maximum atomic E-state index is 13.7. The quantitative estimate of drug-likeness (QED) is 0.364. The van der Waals surface area contributed by atoms with Crippen LogP contribution in [0, 0.1) is 11.2 Å². The summed E-state index contributed by atoms with van der Waals surface area (Å²) < 4.78 is 54.3. The van der Waals surface area contributed by atoms with Crippen LogP contribution in [0.25, 0.3) is 0 Å². The number of halogens is 4. The molecule has 3 nitrogen and oxygen atoms in total. The minimum atomic E-state index is -4.21. The van der Waals surface area contributed by atoms with Crippen molar-refractivity contribution in [2.24, 2.45) is 5.73 Å². The van der Waals surface area contributed by atoms with Crippen LogP contribution in [0.5, 0.6) is 0 Å². The largest absolute Gasteiger partial charge is 0.389 e. The lowest BCUT2D eigenvalue weighted by atomic mass is 10.1. The number of alkyl halides is 3. The Hall–Kier alpha value is -1.63. The van der Waals surface area contributed by atoms with Crippen LogP contribution in [0.2, 0.25) is 0 Å². The van der Waals surface area contributed by atoms with Crippen molar-refractivity contribution < 1.29 is 22.3 Å². The van der Waals surface area contributed by atoms with Crippen LogP contribution in [0.3, 0.4) is 0 Å². The number of amidine groups is 1. The molecule has 1 aromatic carbocycles. The van der Waals surface area contributed by atoms with Crippen molar-refractivity contribution >= 4 is 5.84 Å². The summed E-state index contributed by atoms with van der Waals surface area (Å²) in [5.41, 5.74) is 5.31. The van der Waals surface area contributed by atoms with Crippen molar-refractivity contribution in [2.45, 2.75) is 25.6 Å². The molecule has 3 N–H and O–H groups in total. The first-order chi connectivity index (χ1) is 8.81. The predicted molar refractivity (Wildman–Crippen MR) is 62.4 cm³/mol. The second-order valence-corrected chi connectivity index (χ2v) is 3.96. The van der Waals surface area contributed by atoms with Crippen LogP contribution in [0.4, 0.5) is 17.6 Å². The fourth-order valence-electron chi connectivity index (χ4n) is 1.46. The second kappa shape index (κ2) is 6.51. The molecule has 1 rings (SSSR count). The van der Waals surface area contributed by atoms with E-state index in [-0.39, 0.29) is 30.8 Å². The average molecular weight is 278 g/mol. The molecule has 0 spiro atoms. The second-order valence-electron chi connectivity index (χ2n) is 3.96. The molecule has 19 heavy (non-hydrogen) atoms. The average Bonchev–Trinajstić information content (AvgIpc) is 2.28. The Bertz CT molecular complexity index is 446. The molecular formula is C12H14F4N2O. The van der Waals surface area contributed by atoms with Gasteiger partial charge >= 0.3 is 6.18 Å². The van der Waals surface area contributed by atoms with E-state index in [9.17, 15) is 17.6 Å². The van der Waals surface area contributed by atoms with E-state index in [0.717, 1.165) is 0 Å². The molecule has 0 heterocycles. The summed E-state index contributed by atoms with van der Waals surface area (Å²) in [7, 11) is 0. The summed E-state index contributed by atoms with van der Waals surface area (Å²) in [6.45, 7) is -0.256. The van der Waals surface area contributed by atoms with Crippen LogP contribution in [-0.4, -0.2) is 18.6 Å². The molecule has 106 valence electrons. The van der Waals surface area contributed by atoms with E-state index in [0.29, 0.717) is 0 Å². The first-order valence-corrected chi connectivity index (χ1v) is 5.57. The van der Waals surface area contributed by atoms with Crippen molar-refractivity contribution in [2.75, 3.05) is 6.61 Å². The van der Waals surface area contributed by atoms with E-state index < -0.39 is 24.2 Å². The number of nitrogens with two attached hydrogens (primary N) is 1. The highest BCUT2D eigenvalue weighted by Crippen LogP contribution is 2.21. The zero-order valence-corrected chi connectivity index (χ0v) is 10.1. The molecule has 0 bridgehead atoms. The first-order valence-electron chi connectivity index (χ1n) is 5.57. The zero-order chi connectivity index (χ0) is 14.5. The normalized spacial score (nSPS) is 11.6. The van der Waals surface area contributed by atoms with Gasteiger partial charge in [-0.2, -0.15) is 13.2 Å². The maximum absolute atomic E-state index is 13.7. The number of benzene rings is 1. The van der Waals surface area contributed by atoms with Gasteiger partial charge in [0.1, 0.15) is 11.7 Å². The van der Waals surface area contributed by atoms with Crippen molar-refractivity contribution in [3.63, 3.8) is 0 Å². The van der Waals surface area contributed by atoms with Crippen LogP contribution in [0.15, 0.2) is 18.2 Å². The Morgan fingerprint density at radius 2 is 2.00 bits per heavy atom. The van der Waals surface area contributed by atoms with Gasteiger partial charge in [-0.05, 0) is 12.5 Å². The van der Waals surface area contributed by atoms with E-state index in [1.165, 1.54) is 18.2 Å². The van der Waals surface area contributed by atoms with Gasteiger partial charge in [-0.1, -0.05) is 12.1 Å².